The van der Waals surface area contributed by atoms with Gasteiger partial charge in [-0.2, -0.15) is 0 Å². The van der Waals surface area contributed by atoms with Crippen LogP contribution >= 0.6 is 11.3 Å². The molecule has 0 unspecified atom stereocenters. The molecular weight excluding hydrogens is 496 g/mol. The molecule has 0 spiro atoms. The van der Waals surface area contributed by atoms with Gasteiger partial charge in [-0.05, 0) is 29.8 Å². The molecule has 0 aliphatic carbocycles. The van der Waals surface area contributed by atoms with Crippen LogP contribution in [0.4, 0.5) is 5.13 Å². The average Bonchev–Trinajstić information content (AvgIpc) is 3.32. The highest BCUT2D eigenvalue weighted by Crippen LogP contribution is 2.34. The van der Waals surface area contributed by atoms with Crippen LogP contribution in [-0.2, 0) is 21.1 Å². The Labute approximate surface area is 213 Å². The van der Waals surface area contributed by atoms with Crippen molar-refractivity contribution in [1.29, 1.82) is 0 Å². The first-order chi connectivity index (χ1) is 17.3. The summed E-state index contributed by atoms with van der Waals surface area (Å²) in [6.45, 7) is 1.58. The van der Waals surface area contributed by atoms with E-state index < -0.39 is 9.84 Å². The van der Waals surface area contributed by atoms with Crippen molar-refractivity contribution in [2.75, 3.05) is 18.2 Å². The van der Waals surface area contributed by atoms with Crippen LogP contribution in [0, 0.1) is 0 Å². The number of rotatable bonds is 9. The summed E-state index contributed by atoms with van der Waals surface area (Å²) in [5.41, 5.74) is 2.29. The lowest BCUT2D eigenvalue weighted by molar-refractivity contribution is -0.115. The van der Waals surface area contributed by atoms with Gasteiger partial charge in [0.1, 0.15) is 10.6 Å². The fraction of sp³-hybridized carbons (Fsp3) is 0.148. The number of para-hydroxylation sites is 1. The Kier molecular flexibility index (Phi) is 7.61. The normalized spacial score (nSPS) is 11.2. The SMILES string of the molecule is CCS(=O)(=O)c1ccc(CC(=O)Nc2nc(-c3ccccc3)c(C(=O)c3ccccc3OC)s2)cc1. The minimum Gasteiger partial charge on any atom is -0.496 e. The second-order valence-corrected chi connectivity index (χ2v) is 11.1. The first-order valence-electron chi connectivity index (χ1n) is 11.2. The number of amides is 1. The smallest absolute Gasteiger partial charge is 0.230 e. The number of anilines is 1. The van der Waals surface area contributed by atoms with Gasteiger partial charge in [-0.15, -0.1) is 0 Å². The number of hydrogen-bond donors (Lipinski definition) is 1. The number of benzene rings is 3. The van der Waals surface area contributed by atoms with Gasteiger partial charge in [-0.1, -0.05) is 72.9 Å². The van der Waals surface area contributed by atoms with Crippen LogP contribution in [0.15, 0.2) is 83.8 Å². The minimum absolute atomic E-state index is 0.0105. The molecule has 0 aliphatic rings. The van der Waals surface area contributed by atoms with E-state index in [-0.39, 0.29) is 28.8 Å². The van der Waals surface area contributed by atoms with Crippen LogP contribution in [0.25, 0.3) is 11.3 Å². The summed E-state index contributed by atoms with van der Waals surface area (Å²) in [7, 11) is -1.80. The van der Waals surface area contributed by atoms with Gasteiger partial charge in [0, 0.05) is 5.56 Å². The van der Waals surface area contributed by atoms with Gasteiger partial charge < -0.3 is 10.1 Å². The summed E-state index contributed by atoms with van der Waals surface area (Å²) in [6, 6.07) is 22.5. The zero-order chi connectivity index (χ0) is 25.7. The molecule has 7 nitrogen and oxygen atoms in total. The molecule has 0 bridgehead atoms. The number of ketones is 1. The van der Waals surface area contributed by atoms with Crippen molar-refractivity contribution < 1.29 is 22.7 Å². The zero-order valence-corrected chi connectivity index (χ0v) is 21.4. The second kappa shape index (κ2) is 10.8. The number of sulfone groups is 1. The highest BCUT2D eigenvalue weighted by Gasteiger charge is 2.24. The van der Waals surface area contributed by atoms with Gasteiger partial charge >= 0.3 is 0 Å². The summed E-state index contributed by atoms with van der Waals surface area (Å²) >= 11 is 1.10. The van der Waals surface area contributed by atoms with E-state index in [0.29, 0.717) is 32.6 Å². The van der Waals surface area contributed by atoms with Crippen LogP contribution in [0.3, 0.4) is 0 Å². The maximum atomic E-state index is 13.5. The number of ether oxygens (including phenoxy) is 1. The quantitative estimate of drug-likeness (QED) is 0.311. The van der Waals surface area contributed by atoms with E-state index in [4.69, 9.17) is 4.74 Å². The monoisotopic (exact) mass is 520 g/mol. The first kappa shape index (κ1) is 25.3. The second-order valence-electron chi connectivity index (χ2n) is 7.86. The highest BCUT2D eigenvalue weighted by atomic mass is 32.2. The first-order valence-corrected chi connectivity index (χ1v) is 13.6. The summed E-state index contributed by atoms with van der Waals surface area (Å²) in [4.78, 5) is 31.4. The molecule has 36 heavy (non-hydrogen) atoms. The molecule has 3 aromatic carbocycles. The summed E-state index contributed by atoms with van der Waals surface area (Å²) < 4.78 is 29.4. The molecular formula is C27H24N2O5S2. The molecule has 184 valence electrons. The molecule has 1 heterocycles. The summed E-state index contributed by atoms with van der Waals surface area (Å²) in [6.07, 6.45) is 0.0302. The lowest BCUT2D eigenvalue weighted by Gasteiger charge is -2.07. The average molecular weight is 521 g/mol. The summed E-state index contributed by atoms with van der Waals surface area (Å²) in [5, 5.41) is 3.07. The molecule has 9 heteroatoms. The number of carbonyl (C=O) groups excluding carboxylic acids is 2. The Balaban J connectivity index is 1.60. The van der Waals surface area contributed by atoms with E-state index in [1.165, 1.54) is 19.2 Å². The number of hydrogen-bond acceptors (Lipinski definition) is 7. The van der Waals surface area contributed by atoms with Gasteiger partial charge in [0.05, 0.1) is 35.4 Å². The van der Waals surface area contributed by atoms with Gasteiger partial charge in [0.25, 0.3) is 0 Å². The Bertz CT molecular complexity index is 1490. The molecule has 0 atom stereocenters. The van der Waals surface area contributed by atoms with Crippen molar-refractivity contribution in [2.45, 2.75) is 18.2 Å². The number of aromatic nitrogens is 1. The largest absolute Gasteiger partial charge is 0.496 e. The van der Waals surface area contributed by atoms with Crippen molar-refractivity contribution in [3.05, 3.63) is 94.9 Å². The summed E-state index contributed by atoms with van der Waals surface area (Å²) in [5.74, 6) is -0.118. The predicted octanol–water partition coefficient (Wildman–Crippen LogP) is 5.02. The number of methoxy groups -OCH3 is 1. The molecule has 0 aliphatic heterocycles. The van der Waals surface area contributed by atoms with Crippen LogP contribution in [0.5, 0.6) is 5.75 Å². The van der Waals surface area contributed by atoms with Crippen LogP contribution < -0.4 is 10.1 Å². The van der Waals surface area contributed by atoms with Gasteiger partial charge in [0.15, 0.2) is 15.0 Å². The third kappa shape index (κ3) is 5.53. The Morgan fingerprint density at radius 1 is 0.944 bits per heavy atom. The van der Waals surface area contributed by atoms with Crippen molar-refractivity contribution in [2.24, 2.45) is 0 Å². The van der Waals surface area contributed by atoms with E-state index in [1.54, 1.807) is 43.3 Å². The third-order valence-electron chi connectivity index (χ3n) is 5.51. The number of nitrogens with zero attached hydrogens (tertiary/aromatic N) is 1. The fourth-order valence-corrected chi connectivity index (χ4v) is 5.45. The topological polar surface area (TPSA) is 102 Å². The molecule has 0 saturated carbocycles. The fourth-order valence-electron chi connectivity index (χ4n) is 3.60. The van der Waals surface area contributed by atoms with E-state index >= 15 is 0 Å². The molecule has 0 radical (unpaired) electrons. The number of thiazole rings is 1. The van der Waals surface area contributed by atoms with Gasteiger partial charge in [-0.25, -0.2) is 13.4 Å². The van der Waals surface area contributed by atoms with Crippen molar-refractivity contribution >= 4 is 38.0 Å². The van der Waals surface area contributed by atoms with E-state index in [1.807, 2.05) is 30.3 Å². The van der Waals surface area contributed by atoms with Crippen molar-refractivity contribution in [1.82, 2.24) is 4.98 Å². The molecule has 0 fully saturated rings. The Hall–Kier alpha value is -3.82. The third-order valence-corrected chi connectivity index (χ3v) is 8.23. The Morgan fingerprint density at radius 3 is 2.28 bits per heavy atom. The molecule has 4 aromatic rings. The maximum absolute atomic E-state index is 13.5. The van der Waals surface area contributed by atoms with Crippen LogP contribution in [0.1, 0.15) is 27.7 Å². The maximum Gasteiger partial charge on any atom is 0.230 e. The molecule has 1 aromatic heterocycles. The van der Waals surface area contributed by atoms with E-state index in [9.17, 15) is 18.0 Å². The minimum atomic E-state index is -3.31. The zero-order valence-electron chi connectivity index (χ0n) is 19.7. The number of carbonyl (C=O) groups is 2. The van der Waals surface area contributed by atoms with Gasteiger partial charge in [0.2, 0.25) is 11.7 Å². The van der Waals surface area contributed by atoms with Crippen molar-refractivity contribution in [3.8, 4) is 17.0 Å². The molecule has 1 amide bonds. The van der Waals surface area contributed by atoms with E-state index in [0.717, 1.165) is 16.9 Å². The Morgan fingerprint density at radius 2 is 1.61 bits per heavy atom. The van der Waals surface area contributed by atoms with Gasteiger partial charge in [-0.3, -0.25) is 9.59 Å². The molecule has 0 saturated heterocycles. The lowest BCUT2D eigenvalue weighted by atomic mass is 10.0. The number of nitrogens with one attached hydrogen (secondary N) is 1. The molecule has 4 rings (SSSR count). The molecule has 1 N–H and O–H groups in total. The van der Waals surface area contributed by atoms with Crippen LogP contribution in [-0.4, -0.2) is 38.0 Å². The standard InChI is InChI=1S/C27H24N2O5S2/c1-3-36(32,33)20-15-13-18(14-16-20)17-23(30)28-27-29-24(19-9-5-4-6-10-19)26(35-27)25(31)21-11-7-8-12-22(21)34-2/h4-16H,3,17H2,1-2H3,(H,28,29,30). The highest BCUT2D eigenvalue weighted by molar-refractivity contribution is 7.91. The predicted molar refractivity (Wildman–Crippen MR) is 140 cm³/mol. The van der Waals surface area contributed by atoms with Crippen molar-refractivity contribution in [3.63, 3.8) is 0 Å². The lowest BCUT2D eigenvalue weighted by Crippen LogP contribution is -2.14. The van der Waals surface area contributed by atoms with E-state index in [2.05, 4.69) is 10.3 Å². The van der Waals surface area contributed by atoms with Crippen LogP contribution in [0.2, 0.25) is 0 Å².